The molecule has 1 aromatic carbocycles. The molecular formula is C15H12F2N4O3. The number of ether oxygens (including phenoxy) is 2. The minimum Gasteiger partial charge on any atom is -0.411 e. The predicted octanol–water partition coefficient (Wildman–Crippen LogP) is 2.11. The Bertz CT molecular complexity index is 845. The Hall–Kier alpha value is -2.94. The number of hydrogen-bond acceptors (Lipinski definition) is 5. The van der Waals surface area contributed by atoms with Crippen molar-refractivity contribution >= 4 is 23.6 Å². The number of nitrogen functional groups attached to an aromatic ring is 1. The third kappa shape index (κ3) is 2.58. The summed E-state index contributed by atoms with van der Waals surface area (Å²) in [5, 5.41) is 2.61. The molecule has 9 heteroatoms. The second-order valence-electron chi connectivity index (χ2n) is 5.45. The number of fused-ring (bicyclic) bond motifs is 2. The van der Waals surface area contributed by atoms with Crippen molar-refractivity contribution in [1.82, 2.24) is 9.97 Å². The van der Waals surface area contributed by atoms with Crippen molar-refractivity contribution in [2.45, 2.75) is 18.8 Å². The normalized spacial score (nSPS) is 20.6. The van der Waals surface area contributed by atoms with Crippen LogP contribution in [0, 0.1) is 0 Å². The van der Waals surface area contributed by atoms with Gasteiger partial charge in [0.25, 0.3) is 5.91 Å². The van der Waals surface area contributed by atoms with Gasteiger partial charge in [-0.05, 0) is 24.3 Å². The number of carbonyl (C=O) groups excluding carboxylic acids is 1. The van der Waals surface area contributed by atoms with E-state index in [0.717, 1.165) is 0 Å². The highest BCUT2D eigenvalue weighted by atomic mass is 19.3. The first-order valence-electron chi connectivity index (χ1n) is 7.12. The minimum atomic E-state index is -3.62. The number of benzene rings is 1. The van der Waals surface area contributed by atoms with Crippen molar-refractivity contribution in [2.75, 3.05) is 11.1 Å². The van der Waals surface area contributed by atoms with Crippen LogP contribution in [0.2, 0.25) is 0 Å². The average Bonchev–Trinajstić information content (AvgIpc) is 3.01. The molecule has 1 atom stereocenters. The smallest absolute Gasteiger partial charge is 0.411 e. The van der Waals surface area contributed by atoms with Crippen LogP contribution in [0.15, 0.2) is 30.0 Å². The van der Waals surface area contributed by atoms with E-state index in [9.17, 15) is 13.6 Å². The standard InChI is InChI=1S/C15H12F2N4O3/c16-15(17)23-11-5-9-10(6-12(11)24-15)20-14(19-9)21-13(22)7-1-3-8(18)4-2-7/h1-5,12H,6,18H2,(H2,19,20,21,22). The Morgan fingerprint density at radius 2 is 2.12 bits per heavy atom. The second kappa shape index (κ2) is 5.03. The van der Waals surface area contributed by atoms with Gasteiger partial charge < -0.3 is 15.5 Å². The number of imidazole rings is 1. The molecule has 1 aromatic heterocycles. The minimum absolute atomic E-state index is 0.0235. The largest absolute Gasteiger partial charge is 0.535 e. The van der Waals surface area contributed by atoms with Gasteiger partial charge in [-0.3, -0.25) is 14.8 Å². The van der Waals surface area contributed by atoms with Gasteiger partial charge in [-0.1, -0.05) is 0 Å². The van der Waals surface area contributed by atoms with E-state index < -0.39 is 12.4 Å². The number of anilines is 2. The molecule has 0 saturated carbocycles. The van der Waals surface area contributed by atoms with Crippen LogP contribution in [-0.2, 0) is 15.9 Å². The Morgan fingerprint density at radius 3 is 2.88 bits per heavy atom. The molecule has 124 valence electrons. The summed E-state index contributed by atoms with van der Waals surface area (Å²) in [6.45, 7) is 0. The highest BCUT2D eigenvalue weighted by Crippen LogP contribution is 2.39. The van der Waals surface area contributed by atoms with Gasteiger partial charge in [-0.25, -0.2) is 4.98 Å². The lowest BCUT2D eigenvalue weighted by Gasteiger charge is -2.11. The van der Waals surface area contributed by atoms with E-state index in [1.165, 1.54) is 6.08 Å². The van der Waals surface area contributed by atoms with E-state index in [4.69, 9.17) is 5.73 Å². The molecule has 2 aromatic rings. The maximum Gasteiger partial charge on any atom is 0.535 e. The van der Waals surface area contributed by atoms with Crippen molar-refractivity contribution in [3.05, 3.63) is 47.0 Å². The van der Waals surface area contributed by atoms with Crippen LogP contribution in [0.3, 0.4) is 0 Å². The number of aromatic amines is 1. The lowest BCUT2D eigenvalue weighted by molar-refractivity contribution is -0.341. The molecule has 24 heavy (non-hydrogen) atoms. The fourth-order valence-corrected chi connectivity index (χ4v) is 2.61. The van der Waals surface area contributed by atoms with Crippen LogP contribution in [0.5, 0.6) is 0 Å². The Morgan fingerprint density at radius 1 is 1.38 bits per heavy atom. The fourth-order valence-electron chi connectivity index (χ4n) is 2.61. The topological polar surface area (TPSA) is 102 Å². The second-order valence-corrected chi connectivity index (χ2v) is 5.45. The fraction of sp³-hybridized carbons (Fsp3) is 0.200. The first-order chi connectivity index (χ1) is 11.4. The number of hydrogen-bond donors (Lipinski definition) is 3. The van der Waals surface area contributed by atoms with Gasteiger partial charge in [0.15, 0.2) is 0 Å². The molecule has 2 heterocycles. The van der Waals surface area contributed by atoms with E-state index in [0.29, 0.717) is 22.6 Å². The van der Waals surface area contributed by atoms with Crippen LogP contribution in [0.25, 0.3) is 6.08 Å². The van der Waals surface area contributed by atoms with E-state index in [1.54, 1.807) is 24.3 Å². The SMILES string of the molecule is Nc1ccc(C(=O)Nc2nc3c([nH]2)CC2OC(F)(F)OC2=C3)cc1. The number of amides is 1. The Labute approximate surface area is 134 Å². The molecule has 4 N–H and O–H groups in total. The van der Waals surface area contributed by atoms with E-state index >= 15 is 0 Å². The van der Waals surface area contributed by atoms with Crippen molar-refractivity contribution in [2.24, 2.45) is 0 Å². The summed E-state index contributed by atoms with van der Waals surface area (Å²) in [6.07, 6.45) is -2.96. The number of nitrogens with one attached hydrogen (secondary N) is 2. The molecule has 4 rings (SSSR count). The molecule has 0 bridgehead atoms. The van der Waals surface area contributed by atoms with Crippen LogP contribution in [0.1, 0.15) is 21.7 Å². The zero-order valence-electron chi connectivity index (χ0n) is 12.2. The van der Waals surface area contributed by atoms with Gasteiger partial charge in [-0.2, -0.15) is 0 Å². The summed E-state index contributed by atoms with van der Waals surface area (Å²) < 4.78 is 35.1. The van der Waals surface area contributed by atoms with Gasteiger partial charge in [-0.15, -0.1) is 8.78 Å². The zero-order valence-corrected chi connectivity index (χ0v) is 12.2. The highest BCUT2D eigenvalue weighted by Gasteiger charge is 2.49. The highest BCUT2D eigenvalue weighted by molar-refractivity contribution is 6.03. The summed E-state index contributed by atoms with van der Waals surface area (Å²) in [4.78, 5) is 19.2. The molecule has 1 fully saturated rings. The molecule has 1 aliphatic carbocycles. The molecule has 1 saturated heterocycles. The van der Waals surface area contributed by atoms with Gasteiger partial charge in [0.05, 0.1) is 5.69 Å². The van der Waals surface area contributed by atoms with Crippen molar-refractivity contribution in [3.63, 3.8) is 0 Å². The lowest BCUT2D eigenvalue weighted by atomic mass is 10.0. The summed E-state index contributed by atoms with van der Waals surface area (Å²) in [6, 6.07) is 6.40. The molecule has 0 spiro atoms. The molecule has 7 nitrogen and oxygen atoms in total. The molecule has 1 amide bonds. The Kier molecular flexibility index (Phi) is 3.07. The third-order valence-corrected chi connectivity index (χ3v) is 3.72. The maximum absolute atomic E-state index is 13.1. The first-order valence-corrected chi connectivity index (χ1v) is 7.12. The summed E-state index contributed by atoms with van der Waals surface area (Å²) in [7, 11) is 0. The zero-order chi connectivity index (χ0) is 16.9. The lowest BCUT2D eigenvalue weighted by Crippen LogP contribution is -2.20. The van der Waals surface area contributed by atoms with Crippen molar-refractivity contribution < 1.29 is 23.0 Å². The number of rotatable bonds is 2. The van der Waals surface area contributed by atoms with Crippen LogP contribution < -0.4 is 11.1 Å². The number of carbonyl (C=O) groups is 1. The monoisotopic (exact) mass is 334 g/mol. The van der Waals surface area contributed by atoms with Gasteiger partial charge >= 0.3 is 6.29 Å². The van der Waals surface area contributed by atoms with E-state index in [2.05, 4.69) is 24.8 Å². The maximum atomic E-state index is 13.1. The van der Waals surface area contributed by atoms with Crippen LogP contribution in [-0.4, -0.2) is 28.3 Å². The van der Waals surface area contributed by atoms with Crippen molar-refractivity contribution in [3.8, 4) is 0 Å². The number of aromatic nitrogens is 2. The molecular weight excluding hydrogens is 322 g/mol. The molecule has 0 radical (unpaired) electrons. The average molecular weight is 334 g/mol. The molecule has 1 aliphatic heterocycles. The third-order valence-electron chi connectivity index (χ3n) is 3.72. The summed E-state index contributed by atoms with van der Waals surface area (Å²) in [5.41, 5.74) is 7.55. The molecule has 2 aliphatic rings. The summed E-state index contributed by atoms with van der Waals surface area (Å²) in [5.74, 6) is -0.131. The van der Waals surface area contributed by atoms with Crippen molar-refractivity contribution in [1.29, 1.82) is 0 Å². The first kappa shape index (κ1) is 14.6. The quantitative estimate of drug-likeness (QED) is 0.730. The number of nitrogens with zero attached hydrogens (tertiary/aromatic N) is 1. The van der Waals surface area contributed by atoms with Gasteiger partial charge in [0.1, 0.15) is 11.9 Å². The van der Waals surface area contributed by atoms with E-state index in [-0.39, 0.29) is 24.0 Å². The van der Waals surface area contributed by atoms with E-state index in [1.807, 2.05) is 0 Å². The van der Waals surface area contributed by atoms with Gasteiger partial charge in [0.2, 0.25) is 5.95 Å². The Balaban J connectivity index is 1.53. The number of halogens is 2. The number of alkyl halides is 2. The number of nitrogens with two attached hydrogens (primary N) is 1. The van der Waals surface area contributed by atoms with Gasteiger partial charge in [0, 0.05) is 29.4 Å². The summed E-state index contributed by atoms with van der Waals surface area (Å²) >= 11 is 0. The van der Waals surface area contributed by atoms with Crippen LogP contribution >= 0.6 is 0 Å². The molecule has 1 unspecified atom stereocenters. The van der Waals surface area contributed by atoms with Crippen LogP contribution in [0.4, 0.5) is 20.4 Å². The number of H-pyrrole nitrogens is 1. The predicted molar refractivity (Wildman–Crippen MR) is 80.0 cm³/mol.